The molecule has 0 radical (unpaired) electrons. The monoisotopic (exact) mass is 352 g/mol. The molecule has 6 nitrogen and oxygen atoms in total. The van der Waals surface area contributed by atoms with Crippen molar-refractivity contribution in [3.63, 3.8) is 0 Å². The van der Waals surface area contributed by atoms with Gasteiger partial charge in [0.25, 0.3) is 0 Å². The number of esters is 1. The molecule has 24 heavy (non-hydrogen) atoms. The van der Waals surface area contributed by atoms with Crippen molar-refractivity contribution in [3.8, 4) is 0 Å². The molecule has 0 aliphatic carbocycles. The van der Waals surface area contributed by atoms with Crippen LogP contribution in [0.25, 0.3) is 0 Å². The van der Waals surface area contributed by atoms with E-state index in [1.54, 1.807) is 26.0 Å². The van der Waals surface area contributed by atoms with E-state index >= 15 is 0 Å². The first-order valence-corrected chi connectivity index (χ1v) is 8.27. The van der Waals surface area contributed by atoms with Crippen molar-refractivity contribution < 1.29 is 23.5 Å². The molecule has 1 aliphatic heterocycles. The van der Waals surface area contributed by atoms with Crippen molar-refractivity contribution in [2.45, 2.75) is 13.8 Å². The Bertz CT molecular complexity index is 705. The van der Waals surface area contributed by atoms with Crippen molar-refractivity contribution >= 4 is 35.2 Å². The number of benzene rings is 1. The van der Waals surface area contributed by atoms with E-state index in [1.165, 1.54) is 17.0 Å². The van der Waals surface area contributed by atoms with E-state index in [2.05, 4.69) is 5.32 Å². The number of nitrogens with zero attached hydrogens (tertiary/aromatic N) is 1. The van der Waals surface area contributed by atoms with Crippen LogP contribution in [0.3, 0.4) is 0 Å². The molecule has 0 aromatic heterocycles. The standard InChI is InChI=1S/C16H17FN2O4S/c1-3-23-16(22)7-15-19(14(21)9-24-15)8-13(20)18-11-5-4-10(2)12(17)6-11/h4-7H,3,8-9H2,1-2H3,(H,18,20)/b15-7-. The number of nitrogens with one attached hydrogen (secondary N) is 1. The normalized spacial score (nSPS) is 15.7. The van der Waals surface area contributed by atoms with Crippen LogP contribution in [0.1, 0.15) is 12.5 Å². The molecule has 128 valence electrons. The van der Waals surface area contributed by atoms with Gasteiger partial charge in [0.1, 0.15) is 12.4 Å². The molecule has 1 fully saturated rings. The number of carbonyl (C=O) groups excluding carboxylic acids is 3. The fourth-order valence-electron chi connectivity index (χ4n) is 2.00. The number of rotatable bonds is 5. The van der Waals surface area contributed by atoms with Gasteiger partial charge in [0, 0.05) is 5.69 Å². The van der Waals surface area contributed by atoms with Crippen LogP contribution in [0.2, 0.25) is 0 Å². The summed E-state index contributed by atoms with van der Waals surface area (Å²) in [6.45, 7) is 3.26. The molecule has 1 heterocycles. The molecule has 0 unspecified atom stereocenters. The highest BCUT2D eigenvalue weighted by atomic mass is 32.2. The van der Waals surface area contributed by atoms with Crippen molar-refractivity contribution in [2.75, 3.05) is 24.2 Å². The van der Waals surface area contributed by atoms with Crippen LogP contribution in [-0.4, -0.2) is 41.6 Å². The third-order valence-electron chi connectivity index (χ3n) is 3.20. The molecule has 1 N–H and O–H groups in total. The topological polar surface area (TPSA) is 75.7 Å². The first-order chi connectivity index (χ1) is 11.4. The van der Waals surface area contributed by atoms with Gasteiger partial charge in [0.15, 0.2) is 0 Å². The number of hydrogen-bond donors (Lipinski definition) is 1. The summed E-state index contributed by atoms with van der Waals surface area (Å²) in [6.07, 6.45) is 1.19. The zero-order chi connectivity index (χ0) is 17.7. The van der Waals surface area contributed by atoms with Crippen LogP contribution in [-0.2, 0) is 19.1 Å². The lowest BCUT2D eigenvalue weighted by Gasteiger charge is -2.16. The molecule has 1 aromatic rings. The van der Waals surface area contributed by atoms with Crippen LogP contribution < -0.4 is 5.32 Å². The molecule has 1 saturated heterocycles. The van der Waals surface area contributed by atoms with Crippen LogP contribution in [0.5, 0.6) is 0 Å². The van der Waals surface area contributed by atoms with E-state index in [4.69, 9.17) is 4.74 Å². The maximum atomic E-state index is 13.5. The van der Waals surface area contributed by atoms with Gasteiger partial charge < -0.3 is 10.1 Å². The predicted molar refractivity (Wildman–Crippen MR) is 88.7 cm³/mol. The van der Waals surface area contributed by atoms with Gasteiger partial charge in [-0.2, -0.15) is 0 Å². The molecule has 1 aliphatic rings. The summed E-state index contributed by atoms with van der Waals surface area (Å²) in [4.78, 5) is 36.7. The number of carbonyl (C=O) groups is 3. The molecular formula is C16H17FN2O4S. The third kappa shape index (κ3) is 4.58. The number of anilines is 1. The SMILES string of the molecule is CCOC(=O)/C=C1\SCC(=O)N1CC(=O)Nc1ccc(C)c(F)c1. The molecule has 8 heteroatoms. The fourth-order valence-corrected chi connectivity index (χ4v) is 2.93. The molecule has 0 atom stereocenters. The van der Waals surface area contributed by atoms with Crippen molar-refractivity contribution in [2.24, 2.45) is 0 Å². The Hall–Kier alpha value is -2.35. The summed E-state index contributed by atoms with van der Waals surface area (Å²) in [5, 5.41) is 2.90. The second kappa shape index (κ2) is 7.96. The van der Waals surface area contributed by atoms with Crippen LogP contribution >= 0.6 is 11.8 Å². The minimum Gasteiger partial charge on any atom is -0.463 e. The lowest BCUT2D eigenvalue weighted by atomic mass is 10.2. The second-order valence-electron chi connectivity index (χ2n) is 5.02. The Morgan fingerprint density at radius 2 is 2.21 bits per heavy atom. The van der Waals surface area contributed by atoms with Gasteiger partial charge in [0.2, 0.25) is 11.8 Å². The zero-order valence-electron chi connectivity index (χ0n) is 13.3. The largest absolute Gasteiger partial charge is 0.463 e. The highest BCUT2D eigenvalue weighted by molar-refractivity contribution is 8.04. The molecule has 2 rings (SSSR count). The maximum absolute atomic E-state index is 13.5. The van der Waals surface area contributed by atoms with E-state index < -0.39 is 17.7 Å². The Balaban J connectivity index is 2.04. The summed E-state index contributed by atoms with van der Waals surface area (Å²) in [5.74, 6) is -1.61. The number of halogens is 1. The van der Waals surface area contributed by atoms with Crippen molar-refractivity contribution in [1.29, 1.82) is 0 Å². The molecular weight excluding hydrogens is 335 g/mol. The molecule has 0 bridgehead atoms. The van der Waals surface area contributed by atoms with E-state index in [9.17, 15) is 18.8 Å². The fraction of sp³-hybridized carbons (Fsp3) is 0.312. The van der Waals surface area contributed by atoms with Crippen LogP contribution in [0.15, 0.2) is 29.3 Å². The minimum atomic E-state index is -0.569. The summed E-state index contributed by atoms with van der Waals surface area (Å²) in [7, 11) is 0. The van der Waals surface area contributed by atoms with Gasteiger partial charge in [-0.1, -0.05) is 17.8 Å². The molecule has 0 saturated carbocycles. The molecule has 2 amide bonds. The number of hydrogen-bond acceptors (Lipinski definition) is 5. The van der Waals surface area contributed by atoms with Gasteiger partial charge >= 0.3 is 5.97 Å². The third-order valence-corrected chi connectivity index (χ3v) is 4.22. The lowest BCUT2D eigenvalue weighted by Crippen LogP contribution is -2.34. The van der Waals surface area contributed by atoms with Crippen molar-refractivity contribution in [3.05, 3.63) is 40.7 Å². The number of aryl methyl sites for hydroxylation is 1. The Morgan fingerprint density at radius 3 is 2.88 bits per heavy atom. The van der Waals surface area contributed by atoms with Crippen LogP contribution in [0.4, 0.5) is 10.1 Å². The van der Waals surface area contributed by atoms with E-state index in [-0.39, 0.29) is 24.8 Å². The average molecular weight is 352 g/mol. The highest BCUT2D eigenvalue weighted by Gasteiger charge is 2.29. The molecule has 0 spiro atoms. The summed E-state index contributed by atoms with van der Waals surface area (Å²) in [5.41, 5.74) is 0.775. The quantitative estimate of drug-likeness (QED) is 0.648. The summed E-state index contributed by atoms with van der Waals surface area (Å²) in [6, 6.07) is 4.34. The Labute approximate surface area is 143 Å². The summed E-state index contributed by atoms with van der Waals surface area (Å²) >= 11 is 1.16. The predicted octanol–water partition coefficient (Wildman–Crippen LogP) is 2.05. The van der Waals surface area contributed by atoms with Gasteiger partial charge in [-0.15, -0.1) is 0 Å². The Kier molecular flexibility index (Phi) is 5.97. The van der Waals surface area contributed by atoms with Crippen molar-refractivity contribution in [1.82, 2.24) is 4.90 Å². The lowest BCUT2D eigenvalue weighted by molar-refractivity contribution is -0.137. The van der Waals surface area contributed by atoms with E-state index in [0.29, 0.717) is 16.3 Å². The van der Waals surface area contributed by atoms with Gasteiger partial charge in [0.05, 0.1) is 23.5 Å². The van der Waals surface area contributed by atoms with Gasteiger partial charge in [-0.3, -0.25) is 14.5 Å². The first kappa shape index (κ1) is 18.0. The van der Waals surface area contributed by atoms with E-state index in [0.717, 1.165) is 11.8 Å². The van der Waals surface area contributed by atoms with E-state index in [1.807, 2.05) is 0 Å². The average Bonchev–Trinajstić information content (AvgIpc) is 2.84. The first-order valence-electron chi connectivity index (χ1n) is 7.28. The van der Waals surface area contributed by atoms with Gasteiger partial charge in [-0.05, 0) is 31.5 Å². The highest BCUT2D eigenvalue weighted by Crippen LogP contribution is 2.28. The second-order valence-corrected chi connectivity index (χ2v) is 6.01. The Morgan fingerprint density at radius 1 is 1.46 bits per heavy atom. The number of amides is 2. The number of thioether (sulfide) groups is 1. The zero-order valence-corrected chi connectivity index (χ0v) is 14.1. The van der Waals surface area contributed by atoms with Crippen LogP contribution in [0, 0.1) is 12.7 Å². The maximum Gasteiger partial charge on any atom is 0.333 e. The molecule has 1 aromatic carbocycles. The van der Waals surface area contributed by atoms with Gasteiger partial charge in [-0.25, -0.2) is 9.18 Å². The summed E-state index contributed by atoms with van der Waals surface area (Å²) < 4.78 is 18.3. The minimum absolute atomic E-state index is 0.150. The number of ether oxygens (including phenoxy) is 1. The smallest absolute Gasteiger partial charge is 0.333 e.